The number of nitriles is 1. The van der Waals surface area contributed by atoms with Crippen molar-refractivity contribution in [1.82, 2.24) is 4.98 Å². The van der Waals surface area contributed by atoms with E-state index < -0.39 is 12.1 Å². The van der Waals surface area contributed by atoms with Gasteiger partial charge in [-0.2, -0.15) is 5.26 Å². The molecule has 0 unspecified atom stereocenters. The number of hydrogen-bond acceptors (Lipinski definition) is 3. The van der Waals surface area contributed by atoms with Gasteiger partial charge in [0.1, 0.15) is 21.2 Å². The molecule has 0 aliphatic heterocycles. The molecule has 1 aromatic heterocycles. The smallest absolute Gasteiger partial charge is 0.404 e. The van der Waals surface area contributed by atoms with E-state index >= 15 is 0 Å². The molecule has 0 saturated heterocycles. The summed E-state index contributed by atoms with van der Waals surface area (Å²) < 4.78 is 40.1. The van der Waals surface area contributed by atoms with Crippen LogP contribution in [0.3, 0.4) is 0 Å². The molecule has 1 rings (SSSR count). The summed E-state index contributed by atoms with van der Waals surface area (Å²) in [7, 11) is 0. The van der Waals surface area contributed by atoms with Gasteiger partial charge in [-0.25, -0.2) is 4.98 Å². The summed E-state index contributed by atoms with van der Waals surface area (Å²) in [4.78, 5) is 3.75. The molecule has 3 nitrogen and oxygen atoms in total. The van der Waals surface area contributed by atoms with E-state index in [2.05, 4.69) is 9.72 Å². The second-order valence-corrected chi connectivity index (χ2v) is 4.37. The Morgan fingerprint density at radius 2 is 2.00 bits per heavy atom. The first kappa shape index (κ1) is 12.8. The third-order valence-corrected chi connectivity index (χ3v) is 4.08. The summed E-state index contributed by atoms with van der Waals surface area (Å²) in [6.07, 6.45) is -4.77. The van der Waals surface area contributed by atoms with Gasteiger partial charge in [0.05, 0.1) is 3.57 Å². The molecule has 80 valence electrons. The normalized spacial score (nSPS) is 10.9. The molecule has 0 bridgehead atoms. The number of nitrogens with zero attached hydrogens (tertiary/aromatic N) is 2. The van der Waals surface area contributed by atoms with Gasteiger partial charge in [-0.3, -0.25) is 0 Å². The predicted octanol–water partition coefficient (Wildman–Crippen LogP) is 3.06. The van der Waals surface area contributed by atoms with E-state index in [1.54, 1.807) is 51.3 Å². The first-order valence-corrected chi connectivity index (χ1v) is 5.51. The molecular weight excluding hydrogens is 439 g/mol. The Kier molecular flexibility index (Phi) is 3.99. The van der Waals surface area contributed by atoms with Crippen LogP contribution in [-0.2, 0) is 0 Å². The van der Waals surface area contributed by atoms with Gasteiger partial charge < -0.3 is 4.74 Å². The molecule has 0 amide bonds. The van der Waals surface area contributed by atoms with Crippen LogP contribution in [-0.4, -0.2) is 11.3 Å². The molecule has 0 aliphatic rings. The lowest BCUT2D eigenvalue weighted by Gasteiger charge is -2.11. The molecule has 1 aromatic rings. The Morgan fingerprint density at radius 1 is 1.40 bits per heavy atom. The molecule has 0 N–H and O–H groups in total. The summed E-state index contributed by atoms with van der Waals surface area (Å²) in [5, 5.41) is 8.52. The fraction of sp³-hybridized carbons (Fsp3) is 0.143. The third-order valence-electron chi connectivity index (χ3n) is 1.22. The van der Waals surface area contributed by atoms with Gasteiger partial charge in [-0.05, 0) is 45.2 Å². The molecule has 0 spiro atoms. The molecule has 8 heteroatoms. The zero-order chi connectivity index (χ0) is 11.6. The Labute approximate surface area is 110 Å². The Hall–Kier alpha value is -0.310. The largest absolute Gasteiger partial charge is 0.573 e. The van der Waals surface area contributed by atoms with Gasteiger partial charge >= 0.3 is 6.36 Å². The van der Waals surface area contributed by atoms with E-state index in [9.17, 15) is 13.2 Å². The zero-order valence-corrected chi connectivity index (χ0v) is 11.1. The highest BCUT2D eigenvalue weighted by Crippen LogP contribution is 2.30. The second-order valence-electron chi connectivity index (χ2n) is 2.27. The van der Waals surface area contributed by atoms with Crippen LogP contribution in [0.25, 0.3) is 0 Å². The Bertz CT molecular complexity index is 427. The van der Waals surface area contributed by atoms with Crippen LogP contribution < -0.4 is 4.74 Å². The third kappa shape index (κ3) is 3.63. The maximum atomic E-state index is 12.0. The van der Waals surface area contributed by atoms with Gasteiger partial charge in [0.15, 0.2) is 0 Å². The minimum absolute atomic E-state index is 0.112. The van der Waals surface area contributed by atoms with Gasteiger partial charge in [0.2, 0.25) is 0 Å². The van der Waals surface area contributed by atoms with Crippen molar-refractivity contribution in [1.29, 1.82) is 5.26 Å². The van der Waals surface area contributed by atoms with Crippen LogP contribution in [0.4, 0.5) is 13.2 Å². The van der Waals surface area contributed by atoms with E-state index in [4.69, 9.17) is 5.26 Å². The monoisotopic (exact) mass is 440 g/mol. The number of rotatable bonds is 1. The van der Waals surface area contributed by atoms with Crippen molar-refractivity contribution in [2.45, 2.75) is 6.36 Å². The van der Waals surface area contributed by atoms with Crippen LogP contribution in [0, 0.1) is 18.6 Å². The van der Waals surface area contributed by atoms with Crippen molar-refractivity contribution in [3.8, 4) is 11.8 Å². The van der Waals surface area contributed by atoms with Crippen molar-refractivity contribution in [3.05, 3.63) is 19.0 Å². The number of hydrogen-bond donors (Lipinski definition) is 0. The highest BCUT2D eigenvalue weighted by molar-refractivity contribution is 14.1. The number of aromatic nitrogens is 1. The molecule has 0 aliphatic carbocycles. The summed E-state index contributed by atoms with van der Waals surface area (Å²) in [6, 6.07) is 2.61. The van der Waals surface area contributed by atoms with Crippen molar-refractivity contribution < 1.29 is 17.9 Å². The van der Waals surface area contributed by atoms with Gasteiger partial charge in [-0.15, -0.1) is 13.2 Å². The first-order chi connectivity index (χ1) is 6.83. The molecule has 0 atom stereocenters. The van der Waals surface area contributed by atoms with E-state index in [1.165, 1.54) is 0 Å². The standard InChI is InChI=1S/C7HF3I2N2O/c8-7(9,10)15-4-1-3(2-13)14-6(12)5(4)11/h1H. The van der Waals surface area contributed by atoms with Crippen LogP contribution in [0.2, 0.25) is 0 Å². The average Bonchev–Trinajstić information content (AvgIpc) is 2.10. The van der Waals surface area contributed by atoms with E-state index in [1.807, 2.05) is 0 Å². The van der Waals surface area contributed by atoms with Crippen molar-refractivity contribution in [2.75, 3.05) is 0 Å². The number of halogens is 5. The lowest BCUT2D eigenvalue weighted by Crippen LogP contribution is -2.18. The number of pyridine rings is 1. The first-order valence-electron chi connectivity index (χ1n) is 3.35. The molecular formula is C7HF3I2N2O. The van der Waals surface area contributed by atoms with Crippen molar-refractivity contribution >= 4 is 45.2 Å². The summed E-state index contributed by atoms with van der Waals surface area (Å²) in [6.45, 7) is 0. The lowest BCUT2D eigenvalue weighted by molar-refractivity contribution is -0.275. The van der Waals surface area contributed by atoms with E-state index in [-0.39, 0.29) is 9.26 Å². The molecule has 1 heterocycles. The summed E-state index contributed by atoms with van der Waals surface area (Å²) >= 11 is 3.41. The van der Waals surface area contributed by atoms with E-state index in [0.717, 1.165) is 6.07 Å². The Balaban J connectivity index is 3.18. The average molecular weight is 440 g/mol. The minimum Gasteiger partial charge on any atom is -0.404 e. The predicted molar refractivity (Wildman–Crippen MR) is 61.1 cm³/mol. The van der Waals surface area contributed by atoms with Crippen molar-refractivity contribution in [3.63, 3.8) is 0 Å². The lowest BCUT2D eigenvalue weighted by atomic mass is 10.3. The maximum absolute atomic E-state index is 12.0. The van der Waals surface area contributed by atoms with Crippen LogP contribution >= 0.6 is 45.2 Å². The van der Waals surface area contributed by atoms with Gasteiger partial charge in [-0.1, -0.05) is 0 Å². The topological polar surface area (TPSA) is 45.9 Å². The highest BCUT2D eigenvalue weighted by atomic mass is 127. The van der Waals surface area contributed by atoms with Gasteiger partial charge in [0.25, 0.3) is 0 Å². The SMILES string of the molecule is N#Cc1cc(OC(F)(F)F)c(I)c(I)n1. The van der Waals surface area contributed by atoms with E-state index in [0.29, 0.717) is 3.70 Å². The van der Waals surface area contributed by atoms with Crippen molar-refractivity contribution in [2.24, 2.45) is 0 Å². The summed E-state index contributed by atoms with van der Waals surface area (Å²) in [5.74, 6) is -0.404. The zero-order valence-electron chi connectivity index (χ0n) is 6.77. The molecule has 0 saturated carbocycles. The Morgan fingerprint density at radius 3 is 2.47 bits per heavy atom. The molecule has 0 aromatic carbocycles. The van der Waals surface area contributed by atoms with Gasteiger partial charge in [0, 0.05) is 6.07 Å². The summed E-state index contributed by atoms with van der Waals surface area (Å²) in [5.41, 5.74) is -0.112. The molecule has 0 radical (unpaired) electrons. The molecule has 15 heavy (non-hydrogen) atoms. The maximum Gasteiger partial charge on any atom is 0.573 e. The number of ether oxygens (including phenoxy) is 1. The molecule has 0 fully saturated rings. The minimum atomic E-state index is -4.77. The number of alkyl halides is 3. The quantitative estimate of drug-likeness (QED) is 0.499. The van der Waals surface area contributed by atoms with Crippen LogP contribution in [0.5, 0.6) is 5.75 Å². The fourth-order valence-electron chi connectivity index (χ4n) is 0.733. The highest BCUT2D eigenvalue weighted by Gasteiger charge is 2.32. The van der Waals surface area contributed by atoms with Crippen LogP contribution in [0.1, 0.15) is 5.69 Å². The second kappa shape index (κ2) is 4.69. The van der Waals surface area contributed by atoms with Crippen LogP contribution in [0.15, 0.2) is 6.07 Å². The fourth-order valence-corrected chi connectivity index (χ4v) is 1.64.